The zero-order valence-corrected chi connectivity index (χ0v) is 12.4. The molecular weight excluding hydrogens is 308 g/mol. The molecule has 9 heteroatoms. The van der Waals surface area contributed by atoms with E-state index in [1.165, 1.54) is 36.6 Å². The van der Waals surface area contributed by atoms with Crippen LogP contribution >= 0.6 is 0 Å². The molecule has 22 heavy (non-hydrogen) atoms. The molecule has 0 aliphatic heterocycles. The van der Waals surface area contributed by atoms with Gasteiger partial charge in [0.05, 0.1) is 11.1 Å². The summed E-state index contributed by atoms with van der Waals surface area (Å²) in [6.45, 7) is 1.67. The first-order valence-corrected chi connectivity index (χ1v) is 7.62. The van der Waals surface area contributed by atoms with Crippen LogP contribution < -0.4 is 10.5 Å². The van der Waals surface area contributed by atoms with Crippen LogP contribution in [0.25, 0.3) is 0 Å². The fourth-order valence-corrected chi connectivity index (χ4v) is 2.42. The van der Waals surface area contributed by atoms with Crippen molar-refractivity contribution in [2.75, 3.05) is 10.5 Å². The molecule has 0 radical (unpaired) electrons. The lowest BCUT2D eigenvalue weighted by Gasteiger charge is -2.04. The van der Waals surface area contributed by atoms with Gasteiger partial charge in [-0.05, 0) is 37.3 Å². The van der Waals surface area contributed by atoms with Crippen LogP contribution in [0.5, 0.6) is 0 Å². The lowest BCUT2D eigenvalue weighted by Crippen LogP contribution is -2.13. The maximum absolute atomic E-state index is 11.9. The van der Waals surface area contributed by atoms with Crippen molar-refractivity contribution >= 4 is 21.5 Å². The second-order valence-electron chi connectivity index (χ2n) is 4.19. The molecule has 8 nitrogen and oxygen atoms in total. The van der Waals surface area contributed by atoms with E-state index >= 15 is 0 Å². The van der Waals surface area contributed by atoms with E-state index in [-0.39, 0.29) is 10.7 Å². The molecule has 2 heterocycles. The van der Waals surface area contributed by atoms with Crippen LogP contribution in [0.2, 0.25) is 0 Å². The Morgan fingerprint density at radius 1 is 1.23 bits per heavy atom. The van der Waals surface area contributed by atoms with Gasteiger partial charge in [0.1, 0.15) is 12.0 Å². The maximum Gasteiger partial charge on any atom is 0.263 e. The standard InChI is InChI=1S/C10H11N3O3S.C3H3NO/c1-7-6-10(12-16-7)13-17(14,15)9-4-2-8(11)3-5-9;1-2-4-5-3-1/h2-6H,11H2,1H3,(H,12,13);1-3H. The van der Waals surface area contributed by atoms with Crippen molar-refractivity contribution in [3.8, 4) is 0 Å². The summed E-state index contributed by atoms with van der Waals surface area (Å²) in [4.78, 5) is 0.118. The molecular formula is C13H14N4O4S. The highest BCUT2D eigenvalue weighted by Gasteiger charge is 2.15. The fraction of sp³-hybridized carbons (Fsp3) is 0.0769. The molecule has 3 rings (SSSR count). The molecule has 0 spiro atoms. The van der Waals surface area contributed by atoms with Gasteiger partial charge in [0, 0.05) is 11.8 Å². The number of benzene rings is 1. The van der Waals surface area contributed by atoms with Crippen molar-refractivity contribution in [2.45, 2.75) is 11.8 Å². The topological polar surface area (TPSA) is 124 Å². The number of nitrogens with zero attached hydrogens (tertiary/aromatic N) is 2. The summed E-state index contributed by atoms with van der Waals surface area (Å²) in [5.41, 5.74) is 5.98. The van der Waals surface area contributed by atoms with Gasteiger partial charge in [0.15, 0.2) is 5.82 Å². The third kappa shape index (κ3) is 4.35. The number of nitrogens with two attached hydrogens (primary N) is 1. The Bertz CT molecular complexity index is 778. The molecule has 0 fully saturated rings. The van der Waals surface area contributed by atoms with E-state index in [9.17, 15) is 8.42 Å². The summed E-state index contributed by atoms with van der Waals surface area (Å²) < 4.78 is 35.2. The molecule has 116 valence electrons. The predicted molar refractivity (Wildman–Crippen MR) is 79.4 cm³/mol. The van der Waals surface area contributed by atoms with Crippen LogP contribution in [0.1, 0.15) is 5.76 Å². The third-order valence-electron chi connectivity index (χ3n) is 2.40. The summed E-state index contributed by atoms with van der Waals surface area (Å²) in [5, 5.41) is 6.90. The van der Waals surface area contributed by atoms with Crippen LogP contribution in [0, 0.1) is 6.92 Å². The van der Waals surface area contributed by atoms with E-state index in [0.29, 0.717) is 11.4 Å². The number of rotatable bonds is 3. The van der Waals surface area contributed by atoms with Gasteiger partial charge in [-0.15, -0.1) is 0 Å². The van der Waals surface area contributed by atoms with Gasteiger partial charge in [-0.1, -0.05) is 10.3 Å². The van der Waals surface area contributed by atoms with E-state index in [4.69, 9.17) is 10.3 Å². The average molecular weight is 322 g/mol. The molecule has 0 bridgehead atoms. The lowest BCUT2D eigenvalue weighted by atomic mass is 10.3. The number of nitrogens with one attached hydrogen (secondary N) is 1. The number of nitrogen functional groups attached to an aromatic ring is 1. The van der Waals surface area contributed by atoms with E-state index < -0.39 is 10.0 Å². The molecule has 0 saturated carbocycles. The zero-order chi connectivity index (χ0) is 16.0. The van der Waals surface area contributed by atoms with Gasteiger partial charge >= 0.3 is 0 Å². The number of hydrogen-bond donors (Lipinski definition) is 2. The molecule has 0 saturated heterocycles. The minimum Gasteiger partial charge on any atom is -0.399 e. The highest BCUT2D eigenvalue weighted by atomic mass is 32.2. The summed E-state index contributed by atoms with van der Waals surface area (Å²) >= 11 is 0. The Morgan fingerprint density at radius 3 is 2.41 bits per heavy atom. The minimum atomic E-state index is -3.64. The van der Waals surface area contributed by atoms with E-state index in [1.807, 2.05) is 0 Å². The molecule has 0 aliphatic carbocycles. The van der Waals surface area contributed by atoms with E-state index in [1.54, 1.807) is 19.2 Å². The molecule has 0 unspecified atom stereocenters. The first-order chi connectivity index (χ1) is 10.5. The number of aryl methyl sites for hydroxylation is 1. The molecule has 0 atom stereocenters. The SMILES string of the molecule is Cc1cc(NS(=O)(=O)c2ccc(N)cc2)no1.c1cnoc1. The number of sulfonamides is 1. The summed E-state index contributed by atoms with van der Waals surface area (Å²) in [6.07, 6.45) is 3.10. The van der Waals surface area contributed by atoms with Crippen molar-refractivity contribution in [3.63, 3.8) is 0 Å². The summed E-state index contributed by atoms with van der Waals surface area (Å²) in [5.74, 6) is 0.680. The average Bonchev–Trinajstić information content (AvgIpc) is 3.14. The Kier molecular flexibility index (Phi) is 4.79. The zero-order valence-electron chi connectivity index (χ0n) is 11.6. The highest BCUT2D eigenvalue weighted by molar-refractivity contribution is 7.92. The predicted octanol–water partition coefficient (Wildman–Crippen LogP) is 2.04. The minimum absolute atomic E-state index is 0.118. The quantitative estimate of drug-likeness (QED) is 0.707. The Labute approximate surface area is 126 Å². The number of anilines is 2. The van der Waals surface area contributed by atoms with Crippen LogP contribution in [0.15, 0.2) is 62.8 Å². The first kappa shape index (κ1) is 15.6. The molecule has 3 aromatic rings. The summed E-state index contributed by atoms with van der Waals surface area (Å²) in [6, 6.07) is 9.09. The Morgan fingerprint density at radius 2 is 1.95 bits per heavy atom. The lowest BCUT2D eigenvalue weighted by molar-refractivity contribution is 0.400. The van der Waals surface area contributed by atoms with E-state index in [2.05, 4.69) is 19.6 Å². The van der Waals surface area contributed by atoms with Crippen molar-refractivity contribution in [1.82, 2.24) is 10.3 Å². The van der Waals surface area contributed by atoms with Gasteiger partial charge in [-0.25, -0.2) is 8.42 Å². The van der Waals surface area contributed by atoms with Crippen molar-refractivity contribution in [2.24, 2.45) is 0 Å². The summed E-state index contributed by atoms with van der Waals surface area (Å²) in [7, 11) is -3.64. The van der Waals surface area contributed by atoms with E-state index in [0.717, 1.165) is 0 Å². The van der Waals surface area contributed by atoms with Crippen molar-refractivity contribution in [1.29, 1.82) is 0 Å². The molecule has 1 aromatic carbocycles. The molecule has 3 N–H and O–H groups in total. The van der Waals surface area contributed by atoms with Crippen LogP contribution in [-0.4, -0.2) is 18.7 Å². The number of aromatic nitrogens is 2. The molecule has 2 aromatic heterocycles. The molecule has 0 aliphatic rings. The van der Waals surface area contributed by atoms with Crippen LogP contribution in [0.3, 0.4) is 0 Å². The van der Waals surface area contributed by atoms with Crippen LogP contribution in [-0.2, 0) is 10.0 Å². The van der Waals surface area contributed by atoms with Gasteiger partial charge in [0.25, 0.3) is 10.0 Å². The molecule has 0 amide bonds. The van der Waals surface area contributed by atoms with Gasteiger partial charge in [-0.3, -0.25) is 4.72 Å². The second-order valence-corrected chi connectivity index (χ2v) is 5.87. The second kappa shape index (κ2) is 6.76. The number of hydrogen-bond acceptors (Lipinski definition) is 7. The smallest absolute Gasteiger partial charge is 0.263 e. The fourth-order valence-electron chi connectivity index (χ4n) is 1.43. The first-order valence-electron chi connectivity index (χ1n) is 6.13. The Balaban J connectivity index is 0.000000299. The normalized spacial score (nSPS) is 10.6. The van der Waals surface area contributed by atoms with Crippen molar-refractivity contribution < 1.29 is 17.5 Å². The Hall–Kier alpha value is -2.81. The highest BCUT2D eigenvalue weighted by Crippen LogP contribution is 2.16. The van der Waals surface area contributed by atoms with Gasteiger partial charge in [0.2, 0.25) is 0 Å². The van der Waals surface area contributed by atoms with Crippen molar-refractivity contribution in [3.05, 3.63) is 54.6 Å². The van der Waals surface area contributed by atoms with Gasteiger partial charge < -0.3 is 14.8 Å². The third-order valence-corrected chi connectivity index (χ3v) is 3.78. The maximum atomic E-state index is 11.9. The largest absolute Gasteiger partial charge is 0.399 e. The van der Waals surface area contributed by atoms with Gasteiger partial charge in [-0.2, -0.15) is 0 Å². The monoisotopic (exact) mass is 322 g/mol. The van der Waals surface area contributed by atoms with Crippen LogP contribution in [0.4, 0.5) is 11.5 Å².